The first-order chi connectivity index (χ1) is 15.2. The maximum atomic E-state index is 12.6. The number of amides is 1. The van der Waals surface area contributed by atoms with Gasteiger partial charge >= 0.3 is 0 Å². The molecule has 0 saturated heterocycles. The number of nitrogens with one attached hydrogen (secondary N) is 1. The van der Waals surface area contributed by atoms with Gasteiger partial charge in [-0.3, -0.25) is 18.5 Å². The summed E-state index contributed by atoms with van der Waals surface area (Å²) in [5.74, 6) is -0.380. The van der Waals surface area contributed by atoms with Crippen LogP contribution in [0.5, 0.6) is 0 Å². The summed E-state index contributed by atoms with van der Waals surface area (Å²) in [6.07, 6.45) is 2.33. The highest BCUT2D eigenvalue weighted by atomic mass is 32.2. The number of para-hydroxylation sites is 2. The second-order valence-electron chi connectivity index (χ2n) is 7.03. The fraction of sp³-hybridized carbons (Fsp3) is 0.143. The molecule has 1 amide bonds. The Hall–Kier alpha value is -3.57. The van der Waals surface area contributed by atoms with E-state index in [1.54, 1.807) is 47.8 Å². The van der Waals surface area contributed by atoms with Crippen LogP contribution in [0.4, 0.5) is 10.8 Å². The molecule has 2 aromatic heterocycles. The van der Waals surface area contributed by atoms with Crippen molar-refractivity contribution >= 4 is 49.1 Å². The van der Waals surface area contributed by atoms with Crippen LogP contribution in [0.3, 0.4) is 0 Å². The number of fused-ring (bicyclic) bond motifs is 1. The monoisotopic (exact) mass is 469 g/mol. The van der Waals surface area contributed by atoms with Crippen molar-refractivity contribution in [1.82, 2.24) is 14.5 Å². The van der Waals surface area contributed by atoms with Crippen LogP contribution in [0.1, 0.15) is 0 Å². The minimum Gasteiger partial charge on any atom is -0.300 e. The lowest BCUT2D eigenvalue weighted by Crippen LogP contribution is -2.27. The predicted molar refractivity (Wildman–Crippen MR) is 125 cm³/mol. The zero-order valence-electron chi connectivity index (χ0n) is 17.2. The number of benzene rings is 2. The second kappa shape index (κ2) is 8.52. The molecule has 0 saturated carbocycles. The van der Waals surface area contributed by atoms with Crippen molar-refractivity contribution in [3.05, 3.63) is 70.5 Å². The van der Waals surface area contributed by atoms with Crippen LogP contribution in [0, 0.1) is 0 Å². The highest BCUT2D eigenvalue weighted by molar-refractivity contribution is 7.92. The molecule has 0 fully saturated rings. The molecule has 9 nitrogen and oxygen atoms in total. The quantitative estimate of drug-likeness (QED) is 0.464. The Morgan fingerprint density at radius 1 is 1.16 bits per heavy atom. The van der Waals surface area contributed by atoms with E-state index in [9.17, 15) is 18.0 Å². The maximum absolute atomic E-state index is 12.6. The molecule has 0 bridgehead atoms. The van der Waals surface area contributed by atoms with Crippen molar-refractivity contribution in [3.8, 4) is 11.3 Å². The average Bonchev–Trinajstić information content (AvgIpc) is 3.23. The molecule has 164 valence electrons. The number of rotatable bonds is 6. The number of carbonyl (C=O) groups is 1. The number of carbonyl (C=O) groups excluding carboxylic acids is 1. The average molecular weight is 470 g/mol. The number of sulfonamides is 1. The van der Waals surface area contributed by atoms with Gasteiger partial charge in [0.25, 0.3) is 5.56 Å². The predicted octanol–water partition coefficient (Wildman–Crippen LogP) is 2.55. The van der Waals surface area contributed by atoms with Gasteiger partial charge in [0.2, 0.25) is 15.9 Å². The molecule has 0 aliphatic rings. The highest BCUT2D eigenvalue weighted by Crippen LogP contribution is 2.27. The maximum Gasteiger partial charge on any atom is 0.269 e. The van der Waals surface area contributed by atoms with Crippen molar-refractivity contribution in [1.29, 1.82) is 0 Å². The summed E-state index contributed by atoms with van der Waals surface area (Å²) in [4.78, 5) is 33.3. The molecule has 0 atom stereocenters. The number of hydrogen-bond donors (Lipinski definition) is 1. The van der Waals surface area contributed by atoms with Gasteiger partial charge in [-0.15, -0.1) is 11.3 Å². The standard InChI is InChI=1S/C21H19N5O4S2/c1-25(32(2,29)30)15-9-7-14(8-10-15)17-13-31-21(23-17)24-19(27)12-26-18-6-4-3-5-16(18)22-11-20(26)28/h3-11,13H,12H2,1-2H3,(H,23,24,27). The van der Waals surface area contributed by atoms with Crippen LogP contribution < -0.4 is 15.2 Å². The third-order valence-electron chi connectivity index (χ3n) is 4.83. The molecule has 2 aromatic carbocycles. The van der Waals surface area contributed by atoms with Crippen molar-refractivity contribution in [2.75, 3.05) is 22.9 Å². The fourth-order valence-corrected chi connectivity index (χ4v) is 4.32. The van der Waals surface area contributed by atoms with E-state index in [0.717, 1.165) is 11.8 Å². The van der Waals surface area contributed by atoms with Crippen LogP contribution in [-0.2, 0) is 21.4 Å². The molecule has 32 heavy (non-hydrogen) atoms. The number of aromatic nitrogens is 3. The van der Waals surface area contributed by atoms with Crippen LogP contribution in [-0.4, -0.2) is 42.2 Å². The van der Waals surface area contributed by atoms with Gasteiger partial charge in [-0.25, -0.2) is 18.4 Å². The molecule has 1 N–H and O–H groups in total. The number of hydrogen-bond acceptors (Lipinski definition) is 7. The Bertz CT molecular complexity index is 1460. The Morgan fingerprint density at radius 3 is 2.59 bits per heavy atom. The number of anilines is 2. The summed E-state index contributed by atoms with van der Waals surface area (Å²) >= 11 is 1.26. The first-order valence-electron chi connectivity index (χ1n) is 9.47. The van der Waals surface area contributed by atoms with E-state index in [2.05, 4.69) is 15.3 Å². The lowest BCUT2D eigenvalue weighted by molar-refractivity contribution is -0.116. The summed E-state index contributed by atoms with van der Waals surface area (Å²) in [6, 6.07) is 14.0. The van der Waals surface area contributed by atoms with E-state index < -0.39 is 10.0 Å². The third kappa shape index (κ3) is 4.53. The topological polar surface area (TPSA) is 114 Å². The minimum absolute atomic E-state index is 0.163. The van der Waals surface area contributed by atoms with Gasteiger partial charge in [-0.05, 0) is 24.3 Å². The van der Waals surface area contributed by atoms with E-state index >= 15 is 0 Å². The highest BCUT2D eigenvalue weighted by Gasteiger charge is 2.14. The van der Waals surface area contributed by atoms with Crippen molar-refractivity contribution < 1.29 is 13.2 Å². The van der Waals surface area contributed by atoms with Gasteiger partial charge in [-0.2, -0.15) is 0 Å². The summed E-state index contributed by atoms with van der Waals surface area (Å²) in [5.41, 5.74) is 2.80. The van der Waals surface area contributed by atoms with Crippen molar-refractivity contribution in [3.63, 3.8) is 0 Å². The first-order valence-corrected chi connectivity index (χ1v) is 12.2. The molecule has 0 unspecified atom stereocenters. The van der Waals surface area contributed by atoms with Gasteiger partial charge in [0.05, 0.1) is 34.9 Å². The molecule has 0 aliphatic carbocycles. The van der Waals surface area contributed by atoms with Gasteiger partial charge < -0.3 is 5.32 Å². The van der Waals surface area contributed by atoms with Crippen LogP contribution >= 0.6 is 11.3 Å². The Morgan fingerprint density at radius 2 is 1.88 bits per heavy atom. The molecular weight excluding hydrogens is 450 g/mol. The molecule has 0 radical (unpaired) electrons. The largest absolute Gasteiger partial charge is 0.300 e. The Balaban J connectivity index is 1.49. The van der Waals surface area contributed by atoms with E-state index in [4.69, 9.17) is 0 Å². The first kappa shape index (κ1) is 21.7. The fourth-order valence-electron chi connectivity index (χ4n) is 3.08. The van der Waals surface area contributed by atoms with Gasteiger partial charge in [0, 0.05) is 18.0 Å². The lowest BCUT2D eigenvalue weighted by atomic mass is 10.1. The zero-order chi connectivity index (χ0) is 22.9. The number of nitrogens with zero attached hydrogens (tertiary/aromatic N) is 4. The molecule has 0 spiro atoms. The molecule has 0 aliphatic heterocycles. The van der Waals surface area contributed by atoms with Gasteiger partial charge in [-0.1, -0.05) is 24.3 Å². The zero-order valence-corrected chi connectivity index (χ0v) is 18.9. The normalized spacial score (nSPS) is 11.4. The smallest absolute Gasteiger partial charge is 0.269 e. The summed E-state index contributed by atoms with van der Waals surface area (Å²) in [7, 11) is -1.86. The van der Waals surface area contributed by atoms with Crippen molar-refractivity contribution in [2.45, 2.75) is 6.54 Å². The van der Waals surface area contributed by atoms with Crippen molar-refractivity contribution in [2.24, 2.45) is 0 Å². The summed E-state index contributed by atoms with van der Waals surface area (Å²) < 4.78 is 25.9. The van der Waals surface area contributed by atoms with Crippen LogP contribution in [0.2, 0.25) is 0 Å². The molecule has 11 heteroatoms. The van der Waals surface area contributed by atoms with Gasteiger partial charge in [0.15, 0.2) is 5.13 Å². The van der Waals surface area contributed by atoms with E-state index in [0.29, 0.717) is 27.5 Å². The second-order valence-corrected chi connectivity index (χ2v) is 9.91. The van der Waals surface area contributed by atoms with Gasteiger partial charge in [0.1, 0.15) is 6.54 Å². The molecule has 4 aromatic rings. The van der Waals surface area contributed by atoms with E-state index in [-0.39, 0.29) is 18.0 Å². The Kier molecular flexibility index (Phi) is 5.76. The Labute approximate surface area is 188 Å². The van der Waals surface area contributed by atoms with E-state index in [1.165, 1.54) is 33.5 Å². The molecule has 4 rings (SSSR count). The SMILES string of the molecule is CN(c1ccc(-c2csc(NC(=O)Cn3c(=O)cnc4ccccc43)n2)cc1)S(C)(=O)=O. The van der Waals surface area contributed by atoms with E-state index in [1.807, 2.05) is 6.07 Å². The minimum atomic E-state index is -3.34. The van der Waals surface area contributed by atoms with Crippen LogP contribution in [0.15, 0.2) is 64.9 Å². The molecule has 2 heterocycles. The van der Waals surface area contributed by atoms with Crippen LogP contribution in [0.25, 0.3) is 22.3 Å². The third-order valence-corrected chi connectivity index (χ3v) is 6.79. The molecular formula is C21H19N5O4S2. The lowest BCUT2D eigenvalue weighted by Gasteiger charge is -2.16. The summed E-state index contributed by atoms with van der Waals surface area (Å²) in [6.45, 7) is -0.163. The number of thiazole rings is 1. The summed E-state index contributed by atoms with van der Waals surface area (Å²) in [5, 5.41) is 4.91.